The molecule has 0 aromatic carbocycles. The molecule has 18 heavy (non-hydrogen) atoms. The molecule has 1 atom stereocenters. The Kier molecular flexibility index (Phi) is 5.13. The molecule has 1 aliphatic rings. The van der Waals surface area contributed by atoms with Crippen molar-refractivity contribution in [2.75, 3.05) is 32.7 Å². The van der Waals surface area contributed by atoms with Gasteiger partial charge in [-0.15, -0.1) is 0 Å². The summed E-state index contributed by atoms with van der Waals surface area (Å²) in [5.74, 6) is 2.08. The maximum atomic E-state index is 5.38. The highest BCUT2D eigenvalue weighted by Gasteiger charge is 2.21. The average Bonchev–Trinajstić information content (AvgIpc) is 2.90. The lowest BCUT2D eigenvalue weighted by Crippen LogP contribution is -2.28. The summed E-state index contributed by atoms with van der Waals surface area (Å²) >= 11 is 0. The van der Waals surface area contributed by atoms with Gasteiger partial charge in [0.2, 0.25) is 5.89 Å². The number of hydrogen-bond donors (Lipinski definition) is 1. The molecule has 0 amide bonds. The lowest BCUT2D eigenvalue weighted by Gasteiger charge is -2.18. The largest absolute Gasteiger partial charge is 0.339 e. The van der Waals surface area contributed by atoms with Gasteiger partial charge in [0.15, 0.2) is 5.82 Å². The Balaban J connectivity index is 1.85. The number of piperidine rings is 1. The third-order valence-electron chi connectivity index (χ3n) is 3.68. The molecule has 1 saturated heterocycles. The van der Waals surface area contributed by atoms with E-state index in [0.29, 0.717) is 5.92 Å². The quantitative estimate of drug-likeness (QED) is 0.830. The molecule has 0 aliphatic carbocycles. The van der Waals surface area contributed by atoms with Crippen molar-refractivity contribution in [1.82, 2.24) is 20.4 Å². The second kappa shape index (κ2) is 6.85. The fraction of sp³-hybridized carbons (Fsp3) is 0.846. The van der Waals surface area contributed by atoms with Gasteiger partial charge in [-0.1, -0.05) is 19.0 Å². The predicted octanol–water partition coefficient (Wildman–Crippen LogP) is 1.42. The van der Waals surface area contributed by atoms with E-state index in [9.17, 15) is 0 Å². The van der Waals surface area contributed by atoms with Crippen LogP contribution < -0.4 is 5.32 Å². The SMILES string of the molecule is CCN(CC)CCc1noc(C2CCCNC2)n1. The summed E-state index contributed by atoms with van der Waals surface area (Å²) in [6.07, 6.45) is 3.23. The van der Waals surface area contributed by atoms with Crippen molar-refractivity contribution in [1.29, 1.82) is 0 Å². The number of aromatic nitrogens is 2. The molecule has 102 valence electrons. The third kappa shape index (κ3) is 3.53. The third-order valence-corrected chi connectivity index (χ3v) is 3.68. The molecule has 1 aliphatic heterocycles. The highest BCUT2D eigenvalue weighted by Crippen LogP contribution is 2.21. The number of rotatable bonds is 6. The van der Waals surface area contributed by atoms with Crippen LogP contribution in [-0.4, -0.2) is 47.8 Å². The molecule has 1 N–H and O–H groups in total. The van der Waals surface area contributed by atoms with E-state index >= 15 is 0 Å². The van der Waals surface area contributed by atoms with Gasteiger partial charge in [-0.2, -0.15) is 4.98 Å². The second-order valence-corrected chi connectivity index (χ2v) is 4.87. The summed E-state index contributed by atoms with van der Waals surface area (Å²) < 4.78 is 5.38. The summed E-state index contributed by atoms with van der Waals surface area (Å²) in [7, 11) is 0. The van der Waals surface area contributed by atoms with Crippen LogP contribution in [0, 0.1) is 0 Å². The number of nitrogens with zero attached hydrogens (tertiary/aromatic N) is 3. The summed E-state index contributed by atoms with van der Waals surface area (Å²) in [6.45, 7) is 9.60. The van der Waals surface area contributed by atoms with Crippen molar-refractivity contribution >= 4 is 0 Å². The molecule has 0 radical (unpaired) electrons. The Labute approximate surface area is 109 Å². The van der Waals surface area contributed by atoms with Crippen LogP contribution in [0.5, 0.6) is 0 Å². The van der Waals surface area contributed by atoms with Crippen LogP contribution in [0.4, 0.5) is 0 Å². The molecule has 0 saturated carbocycles. The van der Waals surface area contributed by atoms with E-state index in [-0.39, 0.29) is 0 Å². The molecule has 0 spiro atoms. The van der Waals surface area contributed by atoms with Gasteiger partial charge in [0.05, 0.1) is 5.92 Å². The van der Waals surface area contributed by atoms with E-state index in [4.69, 9.17) is 4.52 Å². The topological polar surface area (TPSA) is 54.2 Å². The van der Waals surface area contributed by atoms with Crippen LogP contribution in [0.1, 0.15) is 44.3 Å². The van der Waals surface area contributed by atoms with E-state index in [1.165, 1.54) is 6.42 Å². The molecule has 5 heteroatoms. The van der Waals surface area contributed by atoms with E-state index < -0.39 is 0 Å². The maximum Gasteiger partial charge on any atom is 0.231 e. The molecular formula is C13H24N4O. The van der Waals surface area contributed by atoms with Gasteiger partial charge < -0.3 is 14.7 Å². The fourth-order valence-corrected chi connectivity index (χ4v) is 2.40. The van der Waals surface area contributed by atoms with Crippen LogP contribution in [0.15, 0.2) is 4.52 Å². The maximum absolute atomic E-state index is 5.38. The van der Waals surface area contributed by atoms with Gasteiger partial charge in [0, 0.05) is 19.5 Å². The number of likely N-dealkylation sites (N-methyl/N-ethyl adjacent to an activating group) is 1. The first-order valence-corrected chi connectivity index (χ1v) is 7.09. The number of hydrogen-bond acceptors (Lipinski definition) is 5. The van der Waals surface area contributed by atoms with Crippen LogP contribution in [-0.2, 0) is 6.42 Å². The van der Waals surface area contributed by atoms with Gasteiger partial charge in [0.1, 0.15) is 0 Å². The first-order chi connectivity index (χ1) is 8.83. The second-order valence-electron chi connectivity index (χ2n) is 4.87. The van der Waals surface area contributed by atoms with Gasteiger partial charge in [-0.3, -0.25) is 0 Å². The van der Waals surface area contributed by atoms with Crippen molar-refractivity contribution in [2.24, 2.45) is 0 Å². The monoisotopic (exact) mass is 252 g/mol. The normalized spacial score (nSPS) is 20.5. The van der Waals surface area contributed by atoms with E-state index in [0.717, 1.165) is 57.3 Å². The van der Waals surface area contributed by atoms with Gasteiger partial charge in [-0.25, -0.2) is 0 Å². The minimum Gasteiger partial charge on any atom is -0.339 e. The van der Waals surface area contributed by atoms with Crippen LogP contribution in [0.3, 0.4) is 0 Å². The molecule has 1 unspecified atom stereocenters. The summed E-state index contributed by atoms with van der Waals surface area (Å²) in [5.41, 5.74) is 0. The smallest absolute Gasteiger partial charge is 0.231 e. The lowest BCUT2D eigenvalue weighted by atomic mass is 10.00. The Hall–Kier alpha value is -0.940. The first-order valence-electron chi connectivity index (χ1n) is 7.09. The van der Waals surface area contributed by atoms with Gasteiger partial charge >= 0.3 is 0 Å². The molecule has 5 nitrogen and oxygen atoms in total. The van der Waals surface area contributed by atoms with E-state index in [1.807, 2.05) is 0 Å². The molecule has 1 aromatic heterocycles. The predicted molar refractivity (Wildman–Crippen MR) is 70.6 cm³/mol. The molecular weight excluding hydrogens is 228 g/mol. The molecule has 2 rings (SSSR count). The van der Waals surface area contributed by atoms with Crippen LogP contribution in [0.25, 0.3) is 0 Å². The highest BCUT2D eigenvalue weighted by atomic mass is 16.5. The Morgan fingerprint density at radius 3 is 2.89 bits per heavy atom. The zero-order valence-electron chi connectivity index (χ0n) is 11.5. The first kappa shape index (κ1) is 13.5. The van der Waals surface area contributed by atoms with Crippen molar-refractivity contribution in [3.8, 4) is 0 Å². The lowest BCUT2D eigenvalue weighted by molar-refractivity contribution is 0.299. The zero-order chi connectivity index (χ0) is 12.8. The van der Waals surface area contributed by atoms with Gasteiger partial charge in [0.25, 0.3) is 0 Å². The summed E-state index contributed by atoms with van der Waals surface area (Å²) in [4.78, 5) is 6.90. The van der Waals surface area contributed by atoms with E-state index in [2.05, 4.69) is 34.2 Å². The number of nitrogens with one attached hydrogen (secondary N) is 1. The standard InChI is InChI=1S/C13H24N4O/c1-3-17(4-2)9-7-12-15-13(18-16-12)11-6-5-8-14-10-11/h11,14H,3-10H2,1-2H3. The summed E-state index contributed by atoms with van der Waals surface area (Å²) in [6, 6.07) is 0. The van der Waals surface area contributed by atoms with Crippen molar-refractivity contribution in [2.45, 2.75) is 39.0 Å². The van der Waals surface area contributed by atoms with Crippen LogP contribution >= 0.6 is 0 Å². The zero-order valence-corrected chi connectivity index (χ0v) is 11.5. The minimum absolute atomic E-state index is 0.411. The Morgan fingerprint density at radius 2 is 2.22 bits per heavy atom. The highest BCUT2D eigenvalue weighted by molar-refractivity contribution is 4.97. The Bertz CT molecular complexity index is 343. The average molecular weight is 252 g/mol. The minimum atomic E-state index is 0.411. The van der Waals surface area contributed by atoms with Crippen molar-refractivity contribution < 1.29 is 4.52 Å². The Morgan fingerprint density at radius 1 is 1.39 bits per heavy atom. The molecule has 1 fully saturated rings. The molecule has 1 aromatic rings. The molecule has 2 heterocycles. The van der Waals surface area contributed by atoms with Crippen LogP contribution in [0.2, 0.25) is 0 Å². The van der Waals surface area contributed by atoms with Gasteiger partial charge in [-0.05, 0) is 32.5 Å². The van der Waals surface area contributed by atoms with Crippen molar-refractivity contribution in [3.63, 3.8) is 0 Å². The summed E-state index contributed by atoms with van der Waals surface area (Å²) in [5, 5.41) is 7.47. The molecule has 0 bridgehead atoms. The van der Waals surface area contributed by atoms with Crippen molar-refractivity contribution in [3.05, 3.63) is 11.7 Å². The van der Waals surface area contributed by atoms with E-state index in [1.54, 1.807) is 0 Å². The fourth-order valence-electron chi connectivity index (χ4n) is 2.40.